The molecule has 1 heteroatoms. The van der Waals surface area contributed by atoms with Gasteiger partial charge in [0.05, 0.1) is 0 Å². The van der Waals surface area contributed by atoms with Crippen LogP contribution < -0.4 is 5.32 Å². The fourth-order valence-corrected chi connectivity index (χ4v) is 2.99. The Balaban J connectivity index is 1.82. The first kappa shape index (κ1) is 9.51. The molecule has 0 radical (unpaired) electrons. The first-order valence-electron chi connectivity index (χ1n) is 6.20. The molecule has 1 aliphatic carbocycles. The van der Waals surface area contributed by atoms with Crippen LogP contribution in [0.25, 0.3) is 0 Å². The van der Waals surface area contributed by atoms with Gasteiger partial charge in [0, 0.05) is 6.04 Å². The van der Waals surface area contributed by atoms with Crippen molar-refractivity contribution in [2.45, 2.75) is 63.8 Å². The number of hydrogen-bond acceptors (Lipinski definition) is 1. The van der Waals surface area contributed by atoms with Crippen molar-refractivity contribution >= 4 is 0 Å². The molecular formula is C12H23N. The molecule has 1 saturated heterocycles. The zero-order valence-corrected chi connectivity index (χ0v) is 8.73. The molecule has 2 rings (SSSR count). The Hall–Kier alpha value is -0.0400. The van der Waals surface area contributed by atoms with E-state index in [-0.39, 0.29) is 0 Å². The zero-order chi connectivity index (χ0) is 8.93. The van der Waals surface area contributed by atoms with Crippen LogP contribution in [0.2, 0.25) is 0 Å². The maximum absolute atomic E-state index is 3.75. The fourth-order valence-electron chi connectivity index (χ4n) is 2.99. The maximum atomic E-state index is 3.75. The minimum absolute atomic E-state index is 0.878. The molecule has 2 fully saturated rings. The average Bonchev–Trinajstić information content (AvgIpc) is 2.47. The summed E-state index contributed by atoms with van der Waals surface area (Å²) in [4.78, 5) is 0. The lowest BCUT2D eigenvalue weighted by Gasteiger charge is -2.30. The Morgan fingerprint density at radius 3 is 2.23 bits per heavy atom. The van der Waals surface area contributed by atoms with Crippen molar-refractivity contribution in [2.75, 3.05) is 6.54 Å². The van der Waals surface area contributed by atoms with Crippen molar-refractivity contribution in [1.82, 2.24) is 5.32 Å². The predicted octanol–water partition coefficient (Wildman–Crippen LogP) is 3.10. The molecule has 2 aliphatic rings. The second-order valence-corrected chi connectivity index (χ2v) is 4.81. The Bertz CT molecular complexity index is 130. The van der Waals surface area contributed by atoms with Crippen LogP contribution in [0, 0.1) is 5.92 Å². The van der Waals surface area contributed by atoms with Gasteiger partial charge in [-0.15, -0.1) is 0 Å². The Morgan fingerprint density at radius 1 is 0.692 bits per heavy atom. The highest BCUT2D eigenvalue weighted by atomic mass is 14.9. The molecule has 13 heavy (non-hydrogen) atoms. The molecule has 0 bridgehead atoms. The summed E-state index contributed by atoms with van der Waals surface area (Å²) in [5.41, 5.74) is 0. The van der Waals surface area contributed by atoms with Crippen molar-refractivity contribution in [2.24, 2.45) is 5.92 Å². The average molecular weight is 181 g/mol. The lowest BCUT2D eigenvalue weighted by atomic mass is 9.82. The van der Waals surface area contributed by atoms with E-state index in [9.17, 15) is 0 Å². The van der Waals surface area contributed by atoms with E-state index in [0.29, 0.717) is 0 Å². The van der Waals surface area contributed by atoms with Gasteiger partial charge in [-0.25, -0.2) is 0 Å². The van der Waals surface area contributed by atoms with Gasteiger partial charge >= 0.3 is 0 Å². The summed E-state index contributed by atoms with van der Waals surface area (Å²) < 4.78 is 0. The van der Waals surface area contributed by atoms with E-state index < -0.39 is 0 Å². The van der Waals surface area contributed by atoms with E-state index in [1.54, 1.807) is 0 Å². The molecule has 1 saturated carbocycles. The topological polar surface area (TPSA) is 12.0 Å². The van der Waals surface area contributed by atoms with Gasteiger partial charge in [0.1, 0.15) is 0 Å². The van der Waals surface area contributed by atoms with Crippen molar-refractivity contribution in [3.8, 4) is 0 Å². The molecule has 0 unspecified atom stereocenters. The highest BCUT2D eigenvalue weighted by molar-refractivity contribution is 4.80. The van der Waals surface area contributed by atoms with Gasteiger partial charge in [0.2, 0.25) is 0 Å². The van der Waals surface area contributed by atoms with Crippen LogP contribution in [0.3, 0.4) is 0 Å². The minimum atomic E-state index is 0.878. The molecular weight excluding hydrogens is 158 g/mol. The fraction of sp³-hybridized carbons (Fsp3) is 1.00. The third-order valence-corrected chi connectivity index (χ3v) is 3.82. The van der Waals surface area contributed by atoms with Crippen molar-refractivity contribution in [3.63, 3.8) is 0 Å². The van der Waals surface area contributed by atoms with Crippen molar-refractivity contribution in [3.05, 3.63) is 0 Å². The second-order valence-electron chi connectivity index (χ2n) is 4.81. The summed E-state index contributed by atoms with van der Waals surface area (Å²) in [6.45, 7) is 1.28. The van der Waals surface area contributed by atoms with Crippen LogP contribution in [0.5, 0.6) is 0 Å². The van der Waals surface area contributed by atoms with E-state index >= 15 is 0 Å². The number of hydrogen-bond donors (Lipinski definition) is 1. The molecule has 0 aromatic rings. The third-order valence-electron chi connectivity index (χ3n) is 3.82. The van der Waals surface area contributed by atoms with Gasteiger partial charge < -0.3 is 5.32 Å². The van der Waals surface area contributed by atoms with Crippen LogP contribution in [0.1, 0.15) is 57.8 Å². The molecule has 0 amide bonds. The van der Waals surface area contributed by atoms with Crippen LogP contribution in [-0.4, -0.2) is 12.6 Å². The van der Waals surface area contributed by atoms with Crippen LogP contribution >= 0.6 is 0 Å². The smallest absolute Gasteiger partial charge is 0.00953 e. The lowest BCUT2D eigenvalue weighted by molar-refractivity contribution is 0.264. The van der Waals surface area contributed by atoms with E-state index in [2.05, 4.69) is 5.32 Å². The summed E-state index contributed by atoms with van der Waals surface area (Å²) in [5, 5.41) is 3.75. The zero-order valence-electron chi connectivity index (χ0n) is 8.73. The van der Waals surface area contributed by atoms with E-state index in [1.165, 1.54) is 64.3 Å². The Morgan fingerprint density at radius 2 is 1.38 bits per heavy atom. The van der Waals surface area contributed by atoms with Gasteiger partial charge in [0.25, 0.3) is 0 Å². The molecule has 0 spiro atoms. The molecule has 1 atom stereocenters. The summed E-state index contributed by atoms with van der Waals surface area (Å²) in [6, 6.07) is 0.878. The highest BCUT2D eigenvalue weighted by Crippen LogP contribution is 2.29. The standard InChI is InChI=1S/C12H23N/c1-3-7-11(8-4-1)12-9-5-2-6-10-13-12/h11-13H,1-10H2/t12-/m0/s1. The van der Waals surface area contributed by atoms with Crippen LogP contribution in [-0.2, 0) is 0 Å². The molecule has 1 heterocycles. The molecule has 0 aromatic heterocycles. The first-order chi connectivity index (χ1) is 6.47. The third kappa shape index (κ3) is 2.70. The quantitative estimate of drug-likeness (QED) is 0.655. The monoisotopic (exact) mass is 181 g/mol. The van der Waals surface area contributed by atoms with Gasteiger partial charge in [-0.3, -0.25) is 0 Å². The largest absolute Gasteiger partial charge is 0.314 e. The number of rotatable bonds is 1. The minimum Gasteiger partial charge on any atom is -0.314 e. The molecule has 0 aromatic carbocycles. The van der Waals surface area contributed by atoms with E-state index in [0.717, 1.165) is 12.0 Å². The second kappa shape index (κ2) is 4.99. The summed E-state index contributed by atoms with van der Waals surface area (Å²) in [7, 11) is 0. The van der Waals surface area contributed by atoms with E-state index in [4.69, 9.17) is 0 Å². The summed E-state index contributed by atoms with van der Waals surface area (Å²) in [6.07, 6.45) is 13.2. The number of nitrogens with one attached hydrogen (secondary N) is 1. The molecule has 76 valence electrons. The van der Waals surface area contributed by atoms with Gasteiger partial charge in [-0.2, -0.15) is 0 Å². The summed E-state index contributed by atoms with van der Waals surface area (Å²) >= 11 is 0. The molecule has 1 aliphatic heterocycles. The van der Waals surface area contributed by atoms with Gasteiger partial charge in [0.15, 0.2) is 0 Å². The highest BCUT2D eigenvalue weighted by Gasteiger charge is 2.23. The molecule has 1 N–H and O–H groups in total. The molecule has 1 nitrogen and oxygen atoms in total. The Labute approximate surface area is 82.3 Å². The SMILES string of the molecule is C1CCC([C@@H]2CCCCCN2)CC1. The van der Waals surface area contributed by atoms with Crippen molar-refractivity contribution in [1.29, 1.82) is 0 Å². The normalized spacial score (nSPS) is 32.8. The summed E-state index contributed by atoms with van der Waals surface area (Å²) in [5.74, 6) is 1.02. The van der Waals surface area contributed by atoms with Crippen LogP contribution in [0.15, 0.2) is 0 Å². The van der Waals surface area contributed by atoms with Gasteiger partial charge in [-0.1, -0.05) is 32.1 Å². The van der Waals surface area contributed by atoms with E-state index in [1.807, 2.05) is 0 Å². The van der Waals surface area contributed by atoms with Crippen LogP contribution in [0.4, 0.5) is 0 Å². The first-order valence-corrected chi connectivity index (χ1v) is 6.20. The predicted molar refractivity (Wildman–Crippen MR) is 56.8 cm³/mol. The Kier molecular flexibility index (Phi) is 3.65. The van der Waals surface area contributed by atoms with Gasteiger partial charge in [-0.05, 0) is 38.1 Å². The van der Waals surface area contributed by atoms with Crippen molar-refractivity contribution < 1.29 is 0 Å². The lowest BCUT2D eigenvalue weighted by Crippen LogP contribution is -2.36. The maximum Gasteiger partial charge on any atom is 0.00953 e.